The molecule has 1 aromatic carbocycles. The minimum absolute atomic E-state index is 0.696. The van der Waals surface area contributed by atoms with Crippen LogP contribution in [-0.2, 0) is 6.42 Å². The van der Waals surface area contributed by atoms with E-state index in [1.165, 1.54) is 5.56 Å². The summed E-state index contributed by atoms with van der Waals surface area (Å²) in [6.45, 7) is 0.940. The maximum atomic E-state index is 8.75. The Hall–Kier alpha value is -2.34. The van der Waals surface area contributed by atoms with E-state index in [1.54, 1.807) is 0 Å². The first-order chi connectivity index (χ1) is 8.79. The summed E-state index contributed by atoms with van der Waals surface area (Å²) in [4.78, 5) is 6.19. The van der Waals surface area contributed by atoms with Crippen LogP contribution in [0.1, 0.15) is 11.1 Å². The van der Waals surface area contributed by atoms with E-state index in [4.69, 9.17) is 5.26 Å². The summed E-state index contributed by atoms with van der Waals surface area (Å²) in [5.41, 5.74) is 3.11. The Balaban J connectivity index is 1.95. The van der Waals surface area contributed by atoms with E-state index in [9.17, 15) is 0 Å². The predicted molar refractivity (Wildman–Crippen MR) is 72.4 cm³/mol. The fourth-order valence-corrected chi connectivity index (χ4v) is 1.77. The topological polar surface area (TPSA) is 39.9 Å². The van der Waals surface area contributed by atoms with Gasteiger partial charge in [0.25, 0.3) is 0 Å². The van der Waals surface area contributed by atoms with E-state index in [2.05, 4.69) is 23.0 Å². The van der Waals surface area contributed by atoms with Crippen molar-refractivity contribution in [1.82, 2.24) is 4.98 Å². The molecule has 0 bridgehead atoms. The third kappa shape index (κ3) is 3.08. The average molecular weight is 237 g/mol. The van der Waals surface area contributed by atoms with Gasteiger partial charge in [-0.15, -0.1) is 0 Å². The molecule has 1 aromatic heterocycles. The molecule has 0 aliphatic rings. The van der Waals surface area contributed by atoms with Crippen molar-refractivity contribution in [1.29, 1.82) is 5.26 Å². The van der Waals surface area contributed by atoms with Crippen molar-refractivity contribution in [3.05, 3.63) is 59.9 Å². The zero-order chi connectivity index (χ0) is 12.8. The van der Waals surface area contributed by atoms with Crippen molar-refractivity contribution >= 4 is 5.69 Å². The Bertz CT molecular complexity index is 526. The number of hydrogen-bond donors (Lipinski definition) is 0. The number of anilines is 1. The number of rotatable bonds is 4. The summed E-state index contributed by atoms with van der Waals surface area (Å²) in [5, 5.41) is 8.75. The van der Waals surface area contributed by atoms with Crippen LogP contribution in [0.5, 0.6) is 0 Å². The molecule has 90 valence electrons. The summed E-state index contributed by atoms with van der Waals surface area (Å²) in [6, 6.07) is 13.8. The average Bonchev–Trinajstić information content (AvgIpc) is 2.46. The Morgan fingerprint density at radius 3 is 2.39 bits per heavy atom. The minimum Gasteiger partial charge on any atom is -0.374 e. The fraction of sp³-hybridized carbons (Fsp3) is 0.200. The molecule has 0 spiro atoms. The lowest BCUT2D eigenvalue weighted by Gasteiger charge is -2.19. The van der Waals surface area contributed by atoms with Gasteiger partial charge >= 0.3 is 0 Å². The van der Waals surface area contributed by atoms with E-state index in [0.29, 0.717) is 5.56 Å². The summed E-state index contributed by atoms with van der Waals surface area (Å²) in [5.74, 6) is 0. The highest BCUT2D eigenvalue weighted by Crippen LogP contribution is 2.13. The van der Waals surface area contributed by atoms with Crippen LogP contribution in [0.25, 0.3) is 0 Å². The van der Waals surface area contributed by atoms with Gasteiger partial charge < -0.3 is 4.90 Å². The largest absolute Gasteiger partial charge is 0.374 e. The summed E-state index contributed by atoms with van der Waals surface area (Å²) in [6.07, 6.45) is 4.62. The van der Waals surface area contributed by atoms with Gasteiger partial charge in [-0.3, -0.25) is 4.98 Å². The Morgan fingerprint density at radius 1 is 1.11 bits per heavy atom. The van der Waals surface area contributed by atoms with Gasteiger partial charge in [-0.05, 0) is 48.4 Å². The molecule has 0 saturated heterocycles. The van der Waals surface area contributed by atoms with Crippen LogP contribution in [0.3, 0.4) is 0 Å². The number of hydrogen-bond acceptors (Lipinski definition) is 3. The van der Waals surface area contributed by atoms with Crippen LogP contribution in [-0.4, -0.2) is 18.6 Å². The van der Waals surface area contributed by atoms with Crippen LogP contribution in [0, 0.1) is 11.3 Å². The van der Waals surface area contributed by atoms with E-state index in [0.717, 1.165) is 18.7 Å². The quantitative estimate of drug-likeness (QED) is 0.820. The number of nitriles is 1. The van der Waals surface area contributed by atoms with Crippen LogP contribution in [0.2, 0.25) is 0 Å². The molecule has 1 heterocycles. The van der Waals surface area contributed by atoms with Gasteiger partial charge in [0.05, 0.1) is 11.6 Å². The first kappa shape index (κ1) is 12.1. The molecule has 0 fully saturated rings. The highest BCUT2D eigenvalue weighted by molar-refractivity contribution is 5.49. The molecule has 2 aromatic rings. The van der Waals surface area contributed by atoms with Gasteiger partial charge in [0, 0.05) is 31.7 Å². The molecule has 0 N–H and O–H groups in total. The molecular formula is C15H15N3. The molecule has 0 unspecified atom stereocenters. The third-order valence-electron chi connectivity index (χ3n) is 2.92. The van der Waals surface area contributed by atoms with Crippen molar-refractivity contribution in [3.63, 3.8) is 0 Å². The number of likely N-dealkylation sites (N-methyl/N-ethyl adjacent to an activating group) is 1. The SMILES string of the molecule is CN(CCc1ccncc1)c1ccc(C#N)cc1. The number of nitrogens with zero attached hydrogens (tertiary/aromatic N) is 3. The molecule has 0 amide bonds. The van der Waals surface area contributed by atoms with Gasteiger partial charge in [-0.2, -0.15) is 5.26 Å². The Labute approximate surface area is 107 Å². The molecule has 0 aliphatic heterocycles. The summed E-state index contributed by atoms with van der Waals surface area (Å²) < 4.78 is 0. The fourth-order valence-electron chi connectivity index (χ4n) is 1.77. The van der Waals surface area contributed by atoms with Gasteiger partial charge in [0.15, 0.2) is 0 Å². The van der Waals surface area contributed by atoms with E-state index < -0.39 is 0 Å². The smallest absolute Gasteiger partial charge is 0.0991 e. The Kier molecular flexibility index (Phi) is 3.93. The zero-order valence-electron chi connectivity index (χ0n) is 10.4. The lowest BCUT2D eigenvalue weighted by atomic mass is 10.1. The molecule has 0 radical (unpaired) electrons. The highest BCUT2D eigenvalue weighted by atomic mass is 15.1. The third-order valence-corrected chi connectivity index (χ3v) is 2.92. The highest BCUT2D eigenvalue weighted by Gasteiger charge is 2.01. The van der Waals surface area contributed by atoms with Gasteiger partial charge in [-0.25, -0.2) is 0 Å². The molecule has 3 nitrogen and oxygen atoms in total. The second kappa shape index (κ2) is 5.83. The van der Waals surface area contributed by atoms with Crippen LogP contribution in [0.4, 0.5) is 5.69 Å². The van der Waals surface area contributed by atoms with E-state index in [-0.39, 0.29) is 0 Å². The van der Waals surface area contributed by atoms with Crippen molar-refractivity contribution in [2.24, 2.45) is 0 Å². The second-order valence-electron chi connectivity index (χ2n) is 4.19. The monoisotopic (exact) mass is 237 g/mol. The molecule has 0 aliphatic carbocycles. The second-order valence-corrected chi connectivity index (χ2v) is 4.19. The first-order valence-electron chi connectivity index (χ1n) is 5.90. The molecule has 0 saturated carbocycles. The number of aromatic nitrogens is 1. The van der Waals surface area contributed by atoms with Crippen molar-refractivity contribution in [3.8, 4) is 6.07 Å². The standard InChI is InChI=1S/C15H15N3/c1-18(11-8-13-6-9-17-10-7-13)15-4-2-14(12-16)3-5-15/h2-7,9-10H,8,11H2,1H3. The molecular weight excluding hydrogens is 222 g/mol. The van der Waals surface area contributed by atoms with Crippen LogP contribution < -0.4 is 4.90 Å². The van der Waals surface area contributed by atoms with Gasteiger partial charge in [0.2, 0.25) is 0 Å². The summed E-state index contributed by atoms with van der Waals surface area (Å²) in [7, 11) is 2.06. The summed E-state index contributed by atoms with van der Waals surface area (Å²) >= 11 is 0. The van der Waals surface area contributed by atoms with Crippen molar-refractivity contribution < 1.29 is 0 Å². The normalized spacial score (nSPS) is 9.78. The predicted octanol–water partition coefficient (Wildman–Crippen LogP) is 2.63. The van der Waals surface area contributed by atoms with E-state index >= 15 is 0 Å². The molecule has 0 atom stereocenters. The molecule has 18 heavy (non-hydrogen) atoms. The van der Waals surface area contributed by atoms with Crippen molar-refractivity contribution in [2.45, 2.75) is 6.42 Å². The number of benzene rings is 1. The van der Waals surface area contributed by atoms with Gasteiger partial charge in [0.1, 0.15) is 0 Å². The molecule has 3 heteroatoms. The van der Waals surface area contributed by atoms with Gasteiger partial charge in [-0.1, -0.05) is 0 Å². The van der Waals surface area contributed by atoms with E-state index in [1.807, 2.05) is 48.8 Å². The zero-order valence-corrected chi connectivity index (χ0v) is 10.4. The maximum absolute atomic E-state index is 8.75. The molecule has 2 rings (SSSR count). The lowest BCUT2D eigenvalue weighted by molar-refractivity contribution is 0.875. The van der Waals surface area contributed by atoms with Crippen LogP contribution in [0.15, 0.2) is 48.8 Å². The number of pyridine rings is 1. The van der Waals surface area contributed by atoms with Crippen molar-refractivity contribution in [2.75, 3.05) is 18.5 Å². The minimum atomic E-state index is 0.696. The first-order valence-corrected chi connectivity index (χ1v) is 5.90. The Morgan fingerprint density at radius 2 is 1.78 bits per heavy atom. The lowest BCUT2D eigenvalue weighted by Crippen LogP contribution is -2.20. The maximum Gasteiger partial charge on any atom is 0.0991 e. The van der Waals surface area contributed by atoms with Crippen LogP contribution >= 0.6 is 0 Å².